The van der Waals surface area contributed by atoms with Crippen LogP contribution in [-0.2, 0) is 12.8 Å². The first-order valence-corrected chi connectivity index (χ1v) is 5.37. The Morgan fingerprint density at radius 1 is 1.38 bits per heavy atom. The van der Waals surface area contributed by atoms with Crippen LogP contribution < -0.4 is 5.82 Å². The van der Waals surface area contributed by atoms with Gasteiger partial charge in [0.05, 0.1) is 4.47 Å². The van der Waals surface area contributed by atoms with Crippen molar-refractivity contribution in [2.45, 2.75) is 12.8 Å². The molecule has 0 aliphatic rings. The van der Waals surface area contributed by atoms with E-state index in [1.165, 1.54) is 0 Å². The van der Waals surface area contributed by atoms with E-state index in [-0.39, 0.29) is 11.6 Å². The number of aryl methyl sites for hydroxylation is 2. The van der Waals surface area contributed by atoms with Crippen LogP contribution in [0.5, 0.6) is 5.75 Å². The number of hydrogen-bond acceptors (Lipinski definition) is 5. The highest BCUT2D eigenvalue weighted by Crippen LogP contribution is 2.24. The number of rotatable bonds is 3. The van der Waals surface area contributed by atoms with Crippen LogP contribution in [0, 0.1) is 0 Å². The third-order valence-corrected chi connectivity index (χ3v) is 2.70. The molecule has 0 fully saturated rings. The third kappa shape index (κ3) is 2.52. The molecule has 0 unspecified atom stereocenters. The summed E-state index contributed by atoms with van der Waals surface area (Å²) in [6, 6.07) is 5.18. The summed E-state index contributed by atoms with van der Waals surface area (Å²) in [6.07, 6.45) is 1.12. The summed E-state index contributed by atoms with van der Waals surface area (Å²) < 4.78 is 9.57. The van der Waals surface area contributed by atoms with Gasteiger partial charge in [0, 0.05) is 6.42 Å². The van der Waals surface area contributed by atoms with Crippen LogP contribution in [0.15, 0.2) is 36.4 Å². The van der Waals surface area contributed by atoms with Crippen LogP contribution in [-0.4, -0.2) is 10.3 Å². The highest BCUT2D eigenvalue weighted by atomic mass is 79.9. The van der Waals surface area contributed by atoms with Crippen LogP contribution in [0.2, 0.25) is 0 Å². The second-order valence-electron chi connectivity index (χ2n) is 3.21. The van der Waals surface area contributed by atoms with E-state index in [0.717, 1.165) is 5.56 Å². The fourth-order valence-corrected chi connectivity index (χ4v) is 1.70. The minimum atomic E-state index is -0.790. The van der Waals surface area contributed by atoms with Crippen molar-refractivity contribution in [2.75, 3.05) is 0 Å². The summed E-state index contributed by atoms with van der Waals surface area (Å²) in [5, 5.41) is 12.8. The van der Waals surface area contributed by atoms with E-state index in [4.69, 9.17) is 0 Å². The molecule has 0 saturated carbocycles. The Morgan fingerprint density at radius 2 is 2.19 bits per heavy atom. The fourth-order valence-electron chi connectivity index (χ4n) is 1.28. The molecule has 2 aromatic rings. The highest BCUT2D eigenvalue weighted by Gasteiger charge is 2.05. The smallest absolute Gasteiger partial charge is 0.507 e. The summed E-state index contributed by atoms with van der Waals surface area (Å²) in [5.74, 6) is -0.326. The van der Waals surface area contributed by atoms with Crippen LogP contribution in [0.4, 0.5) is 0 Å². The first kappa shape index (κ1) is 10.9. The van der Waals surface area contributed by atoms with Crippen molar-refractivity contribution in [3.63, 3.8) is 0 Å². The van der Waals surface area contributed by atoms with Gasteiger partial charge in [-0.2, -0.15) is 0 Å². The average Bonchev–Trinajstić information content (AvgIpc) is 2.66. The maximum absolute atomic E-state index is 10.6. The lowest BCUT2D eigenvalue weighted by molar-refractivity contribution is 0.334. The maximum atomic E-state index is 10.6. The van der Waals surface area contributed by atoms with Crippen molar-refractivity contribution in [3.05, 3.63) is 44.7 Å². The Balaban J connectivity index is 2.04. The number of aromatic hydroxyl groups is 1. The van der Waals surface area contributed by atoms with Crippen molar-refractivity contribution in [1.82, 2.24) is 5.16 Å². The largest absolute Gasteiger partial charge is 0.542 e. The monoisotopic (exact) mass is 285 g/mol. The molecule has 1 N–H and O–H groups in total. The van der Waals surface area contributed by atoms with E-state index in [2.05, 4.69) is 30.0 Å². The molecule has 0 saturated heterocycles. The quantitative estimate of drug-likeness (QED) is 0.932. The third-order valence-electron chi connectivity index (χ3n) is 2.06. The number of nitrogens with zero attached hydrogens (tertiary/aromatic N) is 1. The van der Waals surface area contributed by atoms with Crippen molar-refractivity contribution in [2.24, 2.45) is 0 Å². The van der Waals surface area contributed by atoms with Crippen LogP contribution in [0.25, 0.3) is 0 Å². The molecule has 0 spiro atoms. The minimum absolute atomic E-state index is 0.191. The Hall–Kier alpha value is -1.56. The number of halogens is 1. The van der Waals surface area contributed by atoms with Gasteiger partial charge in [0.2, 0.25) is 5.89 Å². The molecule has 0 radical (unpaired) electrons. The molecule has 84 valence electrons. The van der Waals surface area contributed by atoms with Gasteiger partial charge in [-0.05, 0) is 45.2 Å². The minimum Gasteiger partial charge on any atom is -0.507 e. The maximum Gasteiger partial charge on any atom is 0.542 e. The Labute approximate surface area is 98.8 Å². The molecule has 0 aliphatic heterocycles. The summed E-state index contributed by atoms with van der Waals surface area (Å²) in [5.41, 5.74) is 0.996. The van der Waals surface area contributed by atoms with Crippen LogP contribution >= 0.6 is 15.9 Å². The Bertz CT molecular complexity index is 546. The van der Waals surface area contributed by atoms with E-state index in [1.807, 2.05) is 0 Å². The molecule has 0 aliphatic carbocycles. The van der Waals surface area contributed by atoms with Gasteiger partial charge in [0.25, 0.3) is 0 Å². The van der Waals surface area contributed by atoms with E-state index < -0.39 is 5.82 Å². The van der Waals surface area contributed by atoms with Crippen molar-refractivity contribution < 1.29 is 14.0 Å². The topological polar surface area (TPSA) is 76.5 Å². The molecule has 0 bridgehead atoms. The molecule has 1 aromatic carbocycles. The molecule has 0 amide bonds. The van der Waals surface area contributed by atoms with Gasteiger partial charge in [-0.25, -0.2) is 4.79 Å². The molecular formula is C10H8BrNO4. The van der Waals surface area contributed by atoms with Crippen molar-refractivity contribution in [1.29, 1.82) is 0 Å². The van der Waals surface area contributed by atoms with Gasteiger partial charge in [-0.15, -0.1) is 0 Å². The summed E-state index contributed by atoms with van der Waals surface area (Å²) in [6.45, 7) is 0. The Morgan fingerprint density at radius 3 is 2.81 bits per heavy atom. The van der Waals surface area contributed by atoms with E-state index >= 15 is 0 Å². The van der Waals surface area contributed by atoms with E-state index in [0.29, 0.717) is 17.3 Å². The van der Waals surface area contributed by atoms with E-state index in [9.17, 15) is 9.90 Å². The fraction of sp³-hybridized carbons (Fsp3) is 0.200. The number of benzene rings is 1. The lowest BCUT2D eigenvalue weighted by Gasteiger charge is -2.01. The number of hydrogen-bond donors (Lipinski definition) is 1. The lowest BCUT2D eigenvalue weighted by atomic mass is 10.1. The van der Waals surface area contributed by atoms with Gasteiger partial charge < -0.3 is 9.52 Å². The van der Waals surface area contributed by atoms with Crippen molar-refractivity contribution >= 4 is 15.9 Å². The van der Waals surface area contributed by atoms with Gasteiger partial charge >= 0.3 is 5.82 Å². The van der Waals surface area contributed by atoms with Gasteiger partial charge in [-0.3, -0.25) is 4.52 Å². The van der Waals surface area contributed by atoms with E-state index in [1.54, 1.807) is 18.2 Å². The zero-order chi connectivity index (χ0) is 11.5. The molecule has 6 heteroatoms. The first-order valence-electron chi connectivity index (χ1n) is 4.58. The molecule has 1 aromatic heterocycles. The predicted octanol–water partition coefficient (Wildman–Crippen LogP) is 1.88. The molecular weight excluding hydrogens is 278 g/mol. The lowest BCUT2D eigenvalue weighted by Crippen LogP contribution is -1.92. The standard InChI is InChI=1S/C10H8BrNO4/c11-7-5-6(1-3-8(7)13)2-4-9-12-16-10(14)15-9/h1,3,5,13H,2,4H2. The van der Waals surface area contributed by atoms with Gasteiger partial charge in [0.15, 0.2) is 0 Å². The predicted molar refractivity (Wildman–Crippen MR) is 58.3 cm³/mol. The average molecular weight is 286 g/mol. The zero-order valence-corrected chi connectivity index (χ0v) is 9.73. The molecule has 1 heterocycles. The number of phenols is 1. The molecule has 16 heavy (non-hydrogen) atoms. The Kier molecular flexibility index (Phi) is 3.09. The zero-order valence-electron chi connectivity index (χ0n) is 8.14. The number of aromatic nitrogens is 1. The van der Waals surface area contributed by atoms with Crippen LogP contribution in [0.1, 0.15) is 11.5 Å². The second kappa shape index (κ2) is 4.52. The summed E-state index contributed by atoms with van der Waals surface area (Å²) in [7, 11) is 0. The van der Waals surface area contributed by atoms with Crippen molar-refractivity contribution in [3.8, 4) is 5.75 Å². The number of phenolic OH excluding ortho intramolecular Hbond substituents is 1. The second-order valence-corrected chi connectivity index (χ2v) is 4.07. The van der Waals surface area contributed by atoms with Gasteiger partial charge in [-0.1, -0.05) is 6.07 Å². The first-order chi connectivity index (χ1) is 7.65. The highest BCUT2D eigenvalue weighted by molar-refractivity contribution is 9.10. The molecule has 5 nitrogen and oxygen atoms in total. The molecule has 2 rings (SSSR count). The molecule has 0 atom stereocenters. The van der Waals surface area contributed by atoms with Gasteiger partial charge in [0.1, 0.15) is 5.75 Å². The normalized spacial score (nSPS) is 10.6. The summed E-state index contributed by atoms with van der Waals surface area (Å²) >= 11 is 3.22. The SMILES string of the molecule is O=c1onc(CCc2ccc(O)c(Br)c2)o1. The van der Waals surface area contributed by atoms with Crippen LogP contribution in [0.3, 0.4) is 0 Å². The summed E-state index contributed by atoms with van der Waals surface area (Å²) in [4.78, 5) is 10.6.